The Balaban J connectivity index is 3.08. The van der Waals surface area contributed by atoms with E-state index in [0.29, 0.717) is 16.6 Å². The van der Waals surface area contributed by atoms with Crippen LogP contribution in [0.4, 0.5) is 4.39 Å². The molecule has 0 fully saturated rings. The van der Waals surface area contributed by atoms with Gasteiger partial charge in [-0.05, 0) is 31.0 Å². The Morgan fingerprint density at radius 1 is 1.33 bits per heavy atom. The fourth-order valence-corrected chi connectivity index (χ4v) is 2.10. The van der Waals surface area contributed by atoms with Crippen LogP contribution in [0.15, 0.2) is 17.1 Å². The van der Waals surface area contributed by atoms with Crippen LogP contribution in [0.1, 0.15) is 21.5 Å². The Morgan fingerprint density at radius 3 is 2.50 bits per heavy atom. The maximum Gasteiger partial charge on any atom is 0.341 e. The van der Waals surface area contributed by atoms with E-state index in [2.05, 4.69) is 0 Å². The van der Waals surface area contributed by atoms with Gasteiger partial charge in [0.15, 0.2) is 0 Å². The highest BCUT2D eigenvalue weighted by atomic mass is 19.1. The summed E-state index contributed by atoms with van der Waals surface area (Å²) in [6, 6.07) is 1.10. The van der Waals surface area contributed by atoms with Crippen molar-refractivity contribution in [3.63, 3.8) is 0 Å². The van der Waals surface area contributed by atoms with E-state index in [0.717, 1.165) is 6.07 Å². The van der Waals surface area contributed by atoms with Crippen LogP contribution in [0.3, 0.4) is 0 Å². The number of rotatable bonds is 1. The number of aryl methyl sites for hydroxylation is 2. The van der Waals surface area contributed by atoms with E-state index in [-0.39, 0.29) is 10.9 Å². The summed E-state index contributed by atoms with van der Waals surface area (Å²) in [5.74, 6) is -1.81. The van der Waals surface area contributed by atoms with Crippen molar-refractivity contribution in [3.8, 4) is 0 Å². The SMILES string of the molecule is Cc1c(F)cc2c(=O)c(C(=O)O)cn(C)c2c1C. The maximum atomic E-state index is 13.7. The molecule has 0 atom stereocenters. The fourth-order valence-electron chi connectivity index (χ4n) is 2.10. The standard InChI is InChI=1S/C13H12FNO3/c1-6-7(2)11-8(4-10(6)14)12(16)9(13(17)18)5-15(11)3/h4-5H,1-3H3,(H,17,18). The normalized spacial score (nSPS) is 10.9. The molecule has 2 rings (SSSR count). The van der Waals surface area contributed by atoms with Crippen molar-refractivity contribution in [3.05, 3.63) is 45.0 Å². The van der Waals surface area contributed by atoms with Gasteiger partial charge in [-0.3, -0.25) is 4.79 Å². The fraction of sp³-hybridized carbons (Fsp3) is 0.231. The number of hydrogen-bond acceptors (Lipinski definition) is 2. The zero-order valence-corrected chi connectivity index (χ0v) is 10.2. The molecule has 1 aromatic heterocycles. The van der Waals surface area contributed by atoms with Gasteiger partial charge in [0.25, 0.3) is 0 Å². The first-order valence-corrected chi connectivity index (χ1v) is 5.37. The Kier molecular flexibility index (Phi) is 2.69. The number of aromatic carboxylic acids is 1. The lowest BCUT2D eigenvalue weighted by Crippen LogP contribution is -2.19. The first-order chi connectivity index (χ1) is 8.34. The van der Waals surface area contributed by atoms with Crippen LogP contribution in [0.5, 0.6) is 0 Å². The lowest BCUT2D eigenvalue weighted by molar-refractivity contribution is 0.0695. The van der Waals surface area contributed by atoms with Crippen molar-refractivity contribution in [1.82, 2.24) is 4.57 Å². The molecule has 0 saturated carbocycles. The van der Waals surface area contributed by atoms with Gasteiger partial charge in [0.05, 0.1) is 5.52 Å². The first-order valence-electron chi connectivity index (χ1n) is 5.37. The molecule has 1 N–H and O–H groups in total. The Labute approximate surface area is 102 Å². The van der Waals surface area contributed by atoms with Gasteiger partial charge in [0.2, 0.25) is 5.43 Å². The Morgan fingerprint density at radius 2 is 1.94 bits per heavy atom. The Hall–Kier alpha value is -2.17. The van der Waals surface area contributed by atoms with Crippen LogP contribution in [-0.4, -0.2) is 15.6 Å². The van der Waals surface area contributed by atoms with Crippen LogP contribution in [0.2, 0.25) is 0 Å². The minimum atomic E-state index is -1.31. The third-order valence-electron chi connectivity index (χ3n) is 3.20. The summed E-state index contributed by atoms with van der Waals surface area (Å²) in [4.78, 5) is 22.9. The van der Waals surface area contributed by atoms with Crippen LogP contribution >= 0.6 is 0 Å². The van der Waals surface area contributed by atoms with Crippen LogP contribution < -0.4 is 5.43 Å². The highest BCUT2D eigenvalue weighted by Crippen LogP contribution is 2.22. The summed E-state index contributed by atoms with van der Waals surface area (Å²) >= 11 is 0. The zero-order valence-electron chi connectivity index (χ0n) is 10.2. The molecular formula is C13H12FNO3. The van der Waals surface area contributed by atoms with Gasteiger partial charge in [0, 0.05) is 18.6 Å². The maximum absolute atomic E-state index is 13.7. The second kappa shape index (κ2) is 3.94. The van der Waals surface area contributed by atoms with Crippen molar-refractivity contribution in [2.45, 2.75) is 13.8 Å². The van der Waals surface area contributed by atoms with E-state index in [1.165, 1.54) is 6.20 Å². The second-order valence-corrected chi connectivity index (χ2v) is 4.29. The van der Waals surface area contributed by atoms with Crippen LogP contribution in [-0.2, 0) is 7.05 Å². The van der Waals surface area contributed by atoms with Gasteiger partial charge in [-0.1, -0.05) is 0 Å². The van der Waals surface area contributed by atoms with Gasteiger partial charge < -0.3 is 9.67 Å². The molecule has 0 saturated heterocycles. The molecule has 5 heteroatoms. The molecule has 0 aliphatic carbocycles. The summed E-state index contributed by atoms with van der Waals surface area (Å²) in [6.07, 6.45) is 1.26. The van der Waals surface area contributed by atoms with E-state index in [4.69, 9.17) is 5.11 Å². The van der Waals surface area contributed by atoms with Crippen LogP contribution in [0.25, 0.3) is 10.9 Å². The monoisotopic (exact) mass is 249 g/mol. The third-order valence-corrected chi connectivity index (χ3v) is 3.20. The van der Waals surface area contributed by atoms with Gasteiger partial charge >= 0.3 is 5.97 Å². The lowest BCUT2D eigenvalue weighted by atomic mass is 10.0. The zero-order chi connectivity index (χ0) is 13.6. The first kappa shape index (κ1) is 12.3. The number of pyridine rings is 1. The summed E-state index contributed by atoms with van der Waals surface area (Å²) in [5, 5.41) is 9.03. The number of carboxylic acids is 1. The molecule has 0 spiro atoms. The average Bonchev–Trinajstić information content (AvgIpc) is 2.29. The molecular weight excluding hydrogens is 237 g/mol. The van der Waals surface area contributed by atoms with E-state index in [1.807, 2.05) is 0 Å². The minimum Gasteiger partial charge on any atom is -0.477 e. The number of halogens is 1. The molecule has 1 aromatic carbocycles. The summed E-state index contributed by atoms with van der Waals surface area (Å²) < 4.78 is 15.2. The topological polar surface area (TPSA) is 59.3 Å². The van der Waals surface area contributed by atoms with Crippen LogP contribution in [0, 0.1) is 19.7 Å². The number of carboxylic acid groups (broad SMARTS) is 1. The molecule has 0 unspecified atom stereocenters. The number of fused-ring (bicyclic) bond motifs is 1. The predicted octanol–water partition coefficient (Wildman–Crippen LogP) is 1.99. The summed E-state index contributed by atoms with van der Waals surface area (Å²) in [6.45, 7) is 3.33. The summed E-state index contributed by atoms with van der Waals surface area (Å²) in [5.41, 5.74) is 0.649. The quantitative estimate of drug-likeness (QED) is 0.840. The minimum absolute atomic E-state index is 0.0954. The van der Waals surface area contributed by atoms with Crippen molar-refractivity contribution < 1.29 is 14.3 Å². The van der Waals surface area contributed by atoms with Crippen molar-refractivity contribution >= 4 is 16.9 Å². The lowest BCUT2D eigenvalue weighted by Gasteiger charge is -2.12. The number of hydrogen-bond donors (Lipinski definition) is 1. The number of carbonyl (C=O) groups is 1. The van der Waals surface area contributed by atoms with Gasteiger partial charge in [-0.2, -0.15) is 0 Å². The van der Waals surface area contributed by atoms with Gasteiger partial charge in [-0.25, -0.2) is 9.18 Å². The summed E-state index contributed by atoms with van der Waals surface area (Å²) in [7, 11) is 1.64. The highest BCUT2D eigenvalue weighted by Gasteiger charge is 2.17. The number of aromatic nitrogens is 1. The average molecular weight is 249 g/mol. The smallest absolute Gasteiger partial charge is 0.341 e. The number of benzene rings is 1. The molecule has 94 valence electrons. The van der Waals surface area contributed by atoms with E-state index in [1.54, 1.807) is 25.5 Å². The molecule has 1 heterocycles. The van der Waals surface area contributed by atoms with E-state index < -0.39 is 17.2 Å². The predicted molar refractivity (Wildman–Crippen MR) is 65.6 cm³/mol. The van der Waals surface area contributed by atoms with E-state index in [9.17, 15) is 14.0 Å². The molecule has 2 aromatic rings. The van der Waals surface area contributed by atoms with Gasteiger partial charge in [0.1, 0.15) is 11.4 Å². The second-order valence-electron chi connectivity index (χ2n) is 4.29. The molecule has 4 nitrogen and oxygen atoms in total. The molecule has 0 amide bonds. The largest absolute Gasteiger partial charge is 0.477 e. The van der Waals surface area contributed by atoms with Crippen molar-refractivity contribution in [2.75, 3.05) is 0 Å². The highest BCUT2D eigenvalue weighted by molar-refractivity contribution is 5.93. The van der Waals surface area contributed by atoms with E-state index >= 15 is 0 Å². The Bertz CT molecular complexity index is 731. The number of nitrogens with zero attached hydrogens (tertiary/aromatic N) is 1. The molecule has 18 heavy (non-hydrogen) atoms. The molecule has 0 radical (unpaired) electrons. The van der Waals surface area contributed by atoms with Gasteiger partial charge in [-0.15, -0.1) is 0 Å². The molecule has 0 aliphatic heterocycles. The molecule has 0 bridgehead atoms. The third kappa shape index (κ3) is 1.59. The van der Waals surface area contributed by atoms with Crippen molar-refractivity contribution in [1.29, 1.82) is 0 Å². The molecule has 0 aliphatic rings. The van der Waals surface area contributed by atoms with Crippen molar-refractivity contribution in [2.24, 2.45) is 7.05 Å².